The van der Waals surface area contributed by atoms with Crippen LogP contribution in [0.25, 0.3) is 0 Å². The lowest BCUT2D eigenvalue weighted by molar-refractivity contribution is -0.121. The van der Waals surface area contributed by atoms with Crippen molar-refractivity contribution < 1.29 is 4.79 Å². The first kappa shape index (κ1) is 13.3. The number of carbonyl (C=O) groups is 1. The Morgan fingerprint density at radius 1 is 1.11 bits per heavy atom. The fourth-order valence-corrected chi connectivity index (χ4v) is 1.79. The molecule has 1 N–H and O–H groups in total. The van der Waals surface area contributed by atoms with Gasteiger partial charge in [-0.1, -0.05) is 36.4 Å². The Balaban J connectivity index is 1.74. The van der Waals surface area contributed by atoms with Crippen molar-refractivity contribution in [3.63, 3.8) is 0 Å². The highest BCUT2D eigenvalue weighted by Gasteiger charge is 2.02. The highest BCUT2D eigenvalue weighted by Crippen LogP contribution is 2.03. The molecule has 0 aliphatic rings. The fourth-order valence-electron chi connectivity index (χ4n) is 1.79. The van der Waals surface area contributed by atoms with Gasteiger partial charge in [-0.3, -0.25) is 9.78 Å². The number of hydrogen-bond donors (Lipinski definition) is 1. The van der Waals surface area contributed by atoms with Crippen molar-refractivity contribution >= 4 is 5.91 Å². The van der Waals surface area contributed by atoms with Gasteiger partial charge < -0.3 is 5.32 Å². The van der Waals surface area contributed by atoms with E-state index in [2.05, 4.69) is 10.3 Å². The second-order valence-corrected chi connectivity index (χ2v) is 4.57. The zero-order valence-electron chi connectivity index (χ0n) is 11.1. The van der Waals surface area contributed by atoms with E-state index in [-0.39, 0.29) is 5.91 Å². The van der Waals surface area contributed by atoms with Crippen LogP contribution in [-0.2, 0) is 17.8 Å². The predicted octanol–water partition coefficient (Wildman–Crippen LogP) is 2.64. The standard InChI is InChI=1S/C16H18N2O/c1-13-7-8-15(11-17-13)12-18-16(19)10-9-14-5-3-2-4-6-14/h2-8,11H,9-10,12H2,1H3,(H,18,19). The molecule has 2 rings (SSSR count). The maximum Gasteiger partial charge on any atom is 0.220 e. The minimum atomic E-state index is 0.0735. The summed E-state index contributed by atoms with van der Waals surface area (Å²) in [5.41, 5.74) is 3.20. The van der Waals surface area contributed by atoms with E-state index in [1.165, 1.54) is 5.56 Å². The third-order valence-corrected chi connectivity index (χ3v) is 2.95. The Morgan fingerprint density at radius 3 is 2.58 bits per heavy atom. The van der Waals surface area contributed by atoms with Gasteiger partial charge in [0.15, 0.2) is 0 Å². The van der Waals surface area contributed by atoms with Crippen LogP contribution in [0.5, 0.6) is 0 Å². The normalized spacial score (nSPS) is 10.2. The number of aromatic nitrogens is 1. The van der Waals surface area contributed by atoms with Crippen molar-refractivity contribution in [1.82, 2.24) is 10.3 Å². The minimum Gasteiger partial charge on any atom is -0.352 e. The van der Waals surface area contributed by atoms with Gasteiger partial charge in [-0.05, 0) is 30.5 Å². The summed E-state index contributed by atoms with van der Waals surface area (Å²) in [7, 11) is 0. The number of amides is 1. The summed E-state index contributed by atoms with van der Waals surface area (Å²) in [5, 5.41) is 2.91. The second-order valence-electron chi connectivity index (χ2n) is 4.57. The Bertz CT molecular complexity index is 520. The van der Waals surface area contributed by atoms with Crippen molar-refractivity contribution in [2.45, 2.75) is 26.3 Å². The highest BCUT2D eigenvalue weighted by atomic mass is 16.1. The lowest BCUT2D eigenvalue weighted by Crippen LogP contribution is -2.23. The largest absolute Gasteiger partial charge is 0.352 e. The molecule has 0 unspecified atom stereocenters. The Kier molecular flexibility index (Phi) is 4.67. The fraction of sp³-hybridized carbons (Fsp3) is 0.250. The molecule has 0 spiro atoms. The molecule has 19 heavy (non-hydrogen) atoms. The topological polar surface area (TPSA) is 42.0 Å². The van der Waals surface area contributed by atoms with E-state index in [0.29, 0.717) is 13.0 Å². The van der Waals surface area contributed by atoms with Crippen LogP contribution in [0.15, 0.2) is 48.7 Å². The first-order chi connectivity index (χ1) is 9.24. The third kappa shape index (κ3) is 4.54. The quantitative estimate of drug-likeness (QED) is 0.891. The Morgan fingerprint density at radius 2 is 1.89 bits per heavy atom. The maximum absolute atomic E-state index is 11.7. The van der Waals surface area contributed by atoms with E-state index in [9.17, 15) is 4.79 Å². The maximum atomic E-state index is 11.7. The molecule has 3 nitrogen and oxygen atoms in total. The molecule has 3 heteroatoms. The average molecular weight is 254 g/mol. The smallest absolute Gasteiger partial charge is 0.220 e. The van der Waals surface area contributed by atoms with E-state index in [1.807, 2.05) is 49.4 Å². The number of rotatable bonds is 5. The van der Waals surface area contributed by atoms with Crippen molar-refractivity contribution in [2.75, 3.05) is 0 Å². The molecule has 0 saturated carbocycles. The van der Waals surface area contributed by atoms with Crippen molar-refractivity contribution in [2.24, 2.45) is 0 Å². The van der Waals surface area contributed by atoms with Crippen LogP contribution < -0.4 is 5.32 Å². The van der Waals surface area contributed by atoms with Gasteiger partial charge in [0, 0.05) is 24.9 Å². The number of nitrogens with zero attached hydrogens (tertiary/aromatic N) is 1. The summed E-state index contributed by atoms with van der Waals surface area (Å²) in [4.78, 5) is 15.9. The van der Waals surface area contributed by atoms with Crippen LogP contribution in [0.3, 0.4) is 0 Å². The molecule has 2 aromatic rings. The summed E-state index contributed by atoms with van der Waals surface area (Å²) in [5.74, 6) is 0.0735. The molecule has 0 aliphatic heterocycles. The Hall–Kier alpha value is -2.16. The molecule has 1 amide bonds. The van der Waals surface area contributed by atoms with Gasteiger partial charge in [-0.2, -0.15) is 0 Å². The van der Waals surface area contributed by atoms with Crippen LogP contribution in [0, 0.1) is 6.92 Å². The van der Waals surface area contributed by atoms with Crippen LogP contribution >= 0.6 is 0 Å². The molecule has 0 fully saturated rings. The van der Waals surface area contributed by atoms with Gasteiger partial charge >= 0.3 is 0 Å². The minimum absolute atomic E-state index is 0.0735. The van der Waals surface area contributed by atoms with Gasteiger partial charge in [0.05, 0.1) is 0 Å². The van der Waals surface area contributed by atoms with Crippen LogP contribution in [0.2, 0.25) is 0 Å². The number of carbonyl (C=O) groups excluding carboxylic acids is 1. The van der Waals surface area contributed by atoms with Gasteiger partial charge in [0.1, 0.15) is 0 Å². The lowest BCUT2D eigenvalue weighted by Gasteiger charge is -2.05. The molecule has 0 radical (unpaired) electrons. The van der Waals surface area contributed by atoms with Crippen LogP contribution in [0.1, 0.15) is 23.2 Å². The summed E-state index contributed by atoms with van der Waals surface area (Å²) in [6.07, 6.45) is 3.09. The molecule has 0 bridgehead atoms. The molecule has 1 aromatic carbocycles. The zero-order chi connectivity index (χ0) is 13.5. The molecule has 1 aromatic heterocycles. The SMILES string of the molecule is Cc1ccc(CNC(=O)CCc2ccccc2)cn1. The number of pyridine rings is 1. The van der Waals surface area contributed by atoms with E-state index in [0.717, 1.165) is 17.7 Å². The first-order valence-corrected chi connectivity index (χ1v) is 6.46. The molecule has 0 aliphatic carbocycles. The first-order valence-electron chi connectivity index (χ1n) is 6.46. The second kappa shape index (κ2) is 6.69. The van der Waals surface area contributed by atoms with Gasteiger partial charge in [0.25, 0.3) is 0 Å². The summed E-state index contributed by atoms with van der Waals surface area (Å²) >= 11 is 0. The average Bonchev–Trinajstić information content (AvgIpc) is 2.45. The monoisotopic (exact) mass is 254 g/mol. The van der Waals surface area contributed by atoms with Crippen LogP contribution in [-0.4, -0.2) is 10.9 Å². The van der Waals surface area contributed by atoms with E-state index in [1.54, 1.807) is 6.20 Å². The lowest BCUT2D eigenvalue weighted by atomic mass is 10.1. The highest BCUT2D eigenvalue weighted by molar-refractivity contribution is 5.76. The van der Waals surface area contributed by atoms with Crippen molar-refractivity contribution in [3.8, 4) is 0 Å². The van der Waals surface area contributed by atoms with E-state index in [4.69, 9.17) is 0 Å². The molecule has 1 heterocycles. The summed E-state index contributed by atoms with van der Waals surface area (Å²) < 4.78 is 0. The Labute approximate surface area is 113 Å². The zero-order valence-corrected chi connectivity index (χ0v) is 11.1. The van der Waals surface area contributed by atoms with Gasteiger partial charge in [-0.15, -0.1) is 0 Å². The number of nitrogens with one attached hydrogen (secondary N) is 1. The van der Waals surface area contributed by atoms with Gasteiger partial charge in [0.2, 0.25) is 5.91 Å². The van der Waals surface area contributed by atoms with Gasteiger partial charge in [-0.25, -0.2) is 0 Å². The molecule has 0 atom stereocenters. The molecular weight excluding hydrogens is 236 g/mol. The number of aryl methyl sites for hydroxylation is 2. The molecule has 98 valence electrons. The number of hydrogen-bond acceptors (Lipinski definition) is 2. The summed E-state index contributed by atoms with van der Waals surface area (Å²) in [6.45, 7) is 2.49. The third-order valence-electron chi connectivity index (χ3n) is 2.95. The van der Waals surface area contributed by atoms with Crippen molar-refractivity contribution in [3.05, 3.63) is 65.5 Å². The van der Waals surface area contributed by atoms with E-state index >= 15 is 0 Å². The number of benzene rings is 1. The molecular formula is C16H18N2O. The molecule has 0 saturated heterocycles. The van der Waals surface area contributed by atoms with E-state index < -0.39 is 0 Å². The summed E-state index contributed by atoms with van der Waals surface area (Å²) in [6, 6.07) is 14.0. The predicted molar refractivity (Wildman–Crippen MR) is 75.6 cm³/mol. The van der Waals surface area contributed by atoms with Crippen molar-refractivity contribution in [1.29, 1.82) is 0 Å². The van der Waals surface area contributed by atoms with Crippen LogP contribution in [0.4, 0.5) is 0 Å².